The Morgan fingerprint density at radius 1 is 1.14 bits per heavy atom. The van der Waals surface area contributed by atoms with Gasteiger partial charge in [0.05, 0.1) is 23.3 Å². The first-order chi connectivity index (χ1) is 10.6. The molecule has 0 bridgehead atoms. The van der Waals surface area contributed by atoms with Gasteiger partial charge in [-0.2, -0.15) is 0 Å². The molecule has 0 N–H and O–H groups in total. The standard InChI is InChI=1S/C18H19N3O/c1-12(2)17(14-7-5-9-19-10-14)21-11-20-16-13(3)6-4-8-15(16)18(21)22/h4-12,17H,1-3H3/t17-/m0/s1. The lowest BCUT2D eigenvalue weighted by Crippen LogP contribution is -2.29. The zero-order chi connectivity index (χ0) is 15.7. The minimum absolute atomic E-state index is 0.00347. The Balaban J connectivity index is 2.24. The average Bonchev–Trinajstić information content (AvgIpc) is 2.51. The number of fused-ring (bicyclic) bond motifs is 1. The van der Waals surface area contributed by atoms with Gasteiger partial charge in [0.25, 0.3) is 5.56 Å². The number of hydrogen-bond acceptors (Lipinski definition) is 3. The van der Waals surface area contributed by atoms with Crippen molar-refractivity contribution in [3.05, 3.63) is 70.5 Å². The van der Waals surface area contributed by atoms with Crippen molar-refractivity contribution in [2.24, 2.45) is 5.92 Å². The fourth-order valence-corrected chi connectivity index (χ4v) is 2.93. The van der Waals surface area contributed by atoms with E-state index in [2.05, 4.69) is 23.8 Å². The highest BCUT2D eigenvalue weighted by atomic mass is 16.1. The van der Waals surface area contributed by atoms with E-state index in [4.69, 9.17) is 0 Å². The zero-order valence-corrected chi connectivity index (χ0v) is 13.0. The Morgan fingerprint density at radius 3 is 2.64 bits per heavy atom. The van der Waals surface area contributed by atoms with E-state index in [1.807, 2.05) is 43.5 Å². The van der Waals surface area contributed by atoms with Gasteiger partial charge in [0.15, 0.2) is 0 Å². The number of pyridine rings is 1. The second kappa shape index (κ2) is 5.72. The largest absolute Gasteiger partial charge is 0.291 e. The summed E-state index contributed by atoms with van der Waals surface area (Å²) in [5.41, 5.74) is 2.81. The summed E-state index contributed by atoms with van der Waals surface area (Å²) in [6.07, 6.45) is 5.22. The van der Waals surface area contributed by atoms with E-state index in [1.54, 1.807) is 17.1 Å². The van der Waals surface area contributed by atoms with Gasteiger partial charge >= 0.3 is 0 Å². The van der Waals surface area contributed by atoms with Crippen molar-refractivity contribution in [1.82, 2.24) is 14.5 Å². The lowest BCUT2D eigenvalue weighted by molar-refractivity contribution is 0.423. The Hall–Kier alpha value is -2.49. The highest BCUT2D eigenvalue weighted by Crippen LogP contribution is 2.25. The summed E-state index contributed by atoms with van der Waals surface area (Å²) < 4.78 is 1.73. The van der Waals surface area contributed by atoms with Gasteiger partial charge in [0.2, 0.25) is 0 Å². The summed E-state index contributed by atoms with van der Waals surface area (Å²) in [5.74, 6) is 0.256. The van der Waals surface area contributed by atoms with E-state index >= 15 is 0 Å². The molecule has 0 saturated carbocycles. The van der Waals surface area contributed by atoms with Crippen molar-refractivity contribution in [3.63, 3.8) is 0 Å². The van der Waals surface area contributed by atoms with Gasteiger partial charge in [-0.05, 0) is 36.1 Å². The van der Waals surface area contributed by atoms with Gasteiger partial charge in [0.1, 0.15) is 0 Å². The van der Waals surface area contributed by atoms with Crippen LogP contribution in [0.2, 0.25) is 0 Å². The summed E-state index contributed by atoms with van der Waals surface area (Å²) in [6, 6.07) is 9.55. The highest BCUT2D eigenvalue weighted by molar-refractivity contribution is 5.80. The first-order valence-corrected chi connectivity index (χ1v) is 7.46. The molecular weight excluding hydrogens is 274 g/mol. The average molecular weight is 293 g/mol. The maximum Gasteiger partial charge on any atom is 0.261 e. The minimum Gasteiger partial charge on any atom is -0.291 e. The van der Waals surface area contributed by atoms with Crippen LogP contribution in [0.4, 0.5) is 0 Å². The lowest BCUT2D eigenvalue weighted by Gasteiger charge is -2.23. The molecule has 1 atom stereocenters. The fourth-order valence-electron chi connectivity index (χ4n) is 2.93. The Morgan fingerprint density at radius 2 is 1.95 bits per heavy atom. The molecule has 0 unspecified atom stereocenters. The molecule has 1 aromatic carbocycles. The van der Waals surface area contributed by atoms with Crippen LogP contribution in [0, 0.1) is 12.8 Å². The van der Waals surface area contributed by atoms with E-state index in [-0.39, 0.29) is 17.5 Å². The van der Waals surface area contributed by atoms with Gasteiger partial charge in [-0.15, -0.1) is 0 Å². The van der Waals surface area contributed by atoms with Crippen LogP contribution in [0.5, 0.6) is 0 Å². The minimum atomic E-state index is -0.0707. The molecule has 0 aliphatic carbocycles. The van der Waals surface area contributed by atoms with E-state index in [1.165, 1.54) is 0 Å². The maximum absolute atomic E-state index is 12.9. The molecule has 0 aliphatic rings. The maximum atomic E-state index is 12.9. The zero-order valence-electron chi connectivity index (χ0n) is 13.0. The van der Waals surface area contributed by atoms with Crippen molar-refractivity contribution in [2.75, 3.05) is 0 Å². The van der Waals surface area contributed by atoms with Crippen LogP contribution in [0.15, 0.2) is 53.8 Å². The van der Waals surface area contributed by atoms with Gasteiger partial charge in [0, 0.05) is 12.4 Å². The molecule has 3 aromatic rings. The fraction of sp³-hybridized carbons (Fsp3) is 0.278. The Kier molecular flexibility index (Phi) is 3.75. The smallest absolute Gasteiger partial charge is 0.261 e. The second-order valence-electron chi connectivity index (χ2n) is 5.90. The summed E-state index contributed by atoms with van der Waals surface area (Å²) in [6.45, 7) is 6.18. The van der Waals surface area contributed by atoms with Gasteiger partial charge in [-0.1, -0.05) is 32.0 Å². The lowest BCUT2D eigenvalue weighted by atomic mass is 9.97. The number of aromatic nitrogens is 3. The molecule has 4 nitrogen and oxygen atoms in total. The first-order valence-electron chi connectivity index (χ1n) is 7.46. The molecule has 0 saturated heterocycles. The highest BCUT2D eigenvalue weighted by Gasteiger charge is 2.20. The monoisotopic (exact) mass is 293 g/mol. The van der Waals surface area contributed by atoms with Crippen LogP contribution in [0.3, 0.4) is 0 Å². The molecule has 4 heteroatoms. The molecule has 3 rings (SSSR count). The number of rotatable bonds is 3. The molecule has 0 amide bonds. The third kappa shape index (κ3) is 2.41. The Labute approximate surface area is 129 Å². The van der Waals surface area contributed by atoms with E-state index in [0.717, 1.165) is 16.6 Å². The number of para-hydroxylation sites is 1. The number of nitrogens with zero attached hydrogens (tertiary/aromatic N) is 3. The molecule has 0 radical (unpaired) electrons. The van der Waals surface area contributed by atoms with Crippen molar-refractivity contribution in [1.29, 1.82) is 0 Å². The van der Waals surface area contributed by atoms with Crippen LogP contribution < -0.4 is 5.56 Å². The molecule has 112 valence electrons. The predicted molar refractivity (Wildman–Crippen MR) is 88.0 cm³/mol. The summed E-state index contributed by atoms with van der Waals surface area (Å²) in [4.78, 5) is 21.6. The number of hydrogen-bond donors (Lipinski definition) is 0. The van der Waals surface area contributed by atoms with Crippen LogP contribution in [0.1, 0.15) is 31.0 Å². The van der Waals surface area contributed by atoms with Crippen LogP contribution in [-0.2, 0) is 0 Å². The van der Waals surface area contributed by atoms with Crippen LogP contribution >= 0.6 is 0 Å². The van der Waals surface area contributed by atoms with E-state index in [9.17, 15) is 4.79 Å². The van der Waals surface area contributed by atoms with Crippen molar-refractivity contribution < 1.29 is 0 Å². The number of aryl methyl sites for hydroxylation is 1. The summed E-state index contributed by atoms with van der Waals surface area (Å²) >= 11 is 0. The molecule has 0 fully saturated rings. The molecule has 0 aliphatic heterocycles. The van der Waals surface area contributed by atoms with Gasteiger partial charge in [-0.3, -0.25) is 14.3 Å². The van der Waals surface area contributed by atoms with Crippen molar-refractivity contribution >= 4 is 10.9 Å². The summed E-state index contributed by atoms with van der Waals surface area (Å²) in [7, 11) is 0. The number of benzene rings is 1. The van der Waals surface area contributed by atoms with Crippen molar-refractivity contribution in [2.45, 2.75) is 26.8 Å². The van der Waals surface area contributed by atoms with Crippen LogP contribution in [0.25, 0.3) is 10.9 Å². The quantitative estimate of drug-likeness (QED) is 0.744. The topological polar surface area (TPSA) is 47.8 Å². The molecule has 2 aromatic heterocycles. The molecule has 22 heavy (non-hydrogen) atoms. The Bertz CT molecular complexity index is 853. The summed E-state index contributed by atoms with van der Waals surface area (Å²) in [5, 5.41) is 0.664. The van der Waals surface area contributed by atoms with Crippen LogP contribution in [-0.4, -0.2) is 14.5 Å². The third-order valence-corrected chi connectivity index (χ3v) is 3.97. The van der Waals surface area contributed by atoms with E-state index in [0.29, 0.717) is 5.39 Å². The molecule has 2 heterocycles. The SMILES string of the molecule is Cc1cccc2c(=O)n([C@H](c3cccnc3)C(C)C)cnc12. The third-order valence-electron chi connectivity index (χ3n) is 3.97. The first kappa shape index (κ1) is 14.4. The van der Waals surface area contributed by atoms with Gasteiger partial charge < -0.3 is 0 Å². The molecule has 0 spiro atoms. The molecular formula is C18H19N3O. The predicted octanol–water partition coefficient (Wildman–Crippen LogP) is 3.35. The second-order valence-corrected chi connectivity index (χ2v) is 5.90. The van der Waals surface area contributed by atoms with Crippen molar-refractivity contribution in [3.8, 4) is 0 Å². The van der Waals surface area contributed by atoms with E-state index < -0.39 is 0 Å². The van der Waals surface area contributed by atoms with Gasteiger partial charge in [-0.25, -0.2) is 4.98 Å². The normalized spacial score (nSPS) is 12.7.